The molecular formula is C24H20N2O3. The maximum atomic E-state index is 12.0. The first-order chi connectivity index (χ1) is 14.1. The van der Waals surface area contributed by atoms with E-state index in [9.17, 15) is 9.59 Å². The number of esters is 1. The highest BCUT2D eigenvalue weighted by molar-refractivity contribution is 5.95. The van der Waals surface area contributed by atoms with Gasteiger partial charge in [0, 0.05) is 11.6 Å². The molecule has 0 unspecified atom stereocenters. The van der Waals surface area contributed by atoms with E-state index < -0.39 is 5.97 Å². The molecule has 0 heterocycles. The van der Waals surface area contributed by atoms with Gasteiger partial charge in [0.2, 0.25) is 0 Å². The number of ether oxygens (including phenoxy) is 1. The van der Waals surface area contributed by atoms with Gasteiger partial charge in [-0.05, 0) is 60.5 Å². The quantitative estimate of drug-likeness (QED) is 0.225. The lowest BCUT2D eigenvalue weighted by molar-refractivity contribution is -0.128. The number of hydrogen-bond acceptors (Lipinski definition) is 4. The largest absolute Gasteiger partial charge is 0.423 e. The Morgan fingerprint density at radius 1 is 0.897 bits per heavy atom. The summed E-state index contributed by atoms with van der Waals surface area (Å²) < 4.78 is 5.26. The Hall–Kier alpha value is -3.99. The molecule has 5 heteroatoms. The van der Waals surface area contributed by atoms with Crippen LogP contribution in [-0.4, -0.2) is 18.1 Å². The molecule has 3 rings (SSSR count). The molecule has 0 atom stereocenters. The minimum Gasteiger partial charge on any atom is -0.423 e. The van der Waals surface area contributed by atoms with Crippen molar-refractivity contribution in [3.8, 4) is 5.75 Å². The maximum Gasteiger partial charge on any atom is 0.336 e. The number of amides is 1. The molecule has 144 valence electrons. The van der Waals surface area contributed by atoms with E-state index >= 15 is 0 Å². The van der Waals surface area contributed by atoms with Gasteiger partial charge in [0.25, 0.3) is 5.91 Å². The number of rotatable bonds is 6. The molecule has 3 aromatic rings. The summed E-state index contributed by atoms with van der Waals surface area (Å²) in [4.78, 5) is 23.9. The van der Waals surface area contributed by atoms with Crippen LogP contribution in [0.3, 0.4) is 0 Å². The Balaban J connectivity index is 1.52. The van der Waals surface area contributed by atoms with E-state index in [-0.39, 0.29) is 5.91 Å². The van der Waals surface area contributed by atoms with Crippen LogP contribution in [-0.2, 0) is 4.79 Å². The first kappa shape index (κ1) is 19.8. The zero-order valence-corrected chi connectivity index (χ0v) is 15.9. The molecule has 0 aromatic heterocycles. The van der Waals surface area contributed by atoms with Crippen LogP contribution in [0.2, 0.25) is 0 Å². The van der Waals surface area contributed by atoms with Crippen LogP contribution in [0, 0.1) is 6.92 Å². The van der Waals surface area contributed by atoms with Crippen LogP contribution >= 0.6 is 0 Å². The second-order valence-corrected chi connectivity index (χ2v) is 6.30. The molecule has 29 heavy (non-hydrogen) atoms. The van der Waals surface area contributed by atoms with Gasteiger partial charge >= 0.3 is 5.97 Å². The molecule has 5 nitrogen and oxygen atoms in total. The number of aryl methyl sites for hydroxylation is 1. The summed E-state index contributed by atoms with van der Waals surface area (Å²) in [5.41, 5.74) is 5.72. The van der Waals surface area contributed by atoms with Gasteiger partial charge in [-0.25, -0.2) is 10.2 Å². The molecule has 0 radical (unpaired) electrons. The van der Waals surface area contributed by atoms with Crippen molar-refractivity contribution in [3.63, 3.8) is 0 Å². The third kappa shape index (κ3) is 6.29. The van der Waals surface area contributed by atoms with Gasteiger partial charge in [0.15, 0.2) is 0 Å². The Labute approximate surface area is 169 Å². The van der Waals surface area contributed by atoms with E-state index in [0.717, 1.165) is 16.7 Å². The molecule has 0 saturated heterocycles. The van der Waals surface area contributed by atoms with Crippen LogP contribution in [0.25, 0.3) is 6.08 Å². The van der Waals surface area contributed by atoms with E-state index in [2.05, 4.69) is 10.5 Å². The monoisotopic (exact) mass is 384 g/mol. The highest BCUT2D eigenvalue weighted by atomic mass is 16.5. The molecule has 3 aromatic carbocycles. The topological polar surface area (TPSA) is 67.8 Å². The van der Waals surface area contributed by atoms with Crippen LogP contribution in [0.15, 0.2) is 90.0 Å². The van der Waals surface area contributed by atoms with Crippen molar-refractivity contribution in [1.82, 2.24) is 5.43 Å². The van der Waals surface area contributed by atoms with Gasteiger partial charge < -0.3 is 4.74 Å². The summed E-state index contributed by atoms with van der Waals surface area (Å²) in [7, 11) is 0. The van der Waals surface area contributed by atoms with Gasteiger partial charge in [0.05, 0.1) is 6.21 Å². The number of benzene rings is 3. The lowest BCUT2D eigenvalue weighted by Crippen LogP contribution is -2.17. The average molecular weight is 384 g/mol. The number of carbonyl (C=O) groups excluding carboxylic acids is 2. The molecule has 0 saturated carbocycles. The molecule has 1 amide bonds. The summed E-state index contributed by atoms with van der Waals surface area (Å²) >= 11 is 0. The van der Waals surface area contributed by atoms with E-state index in [4.69, 9.17) is 4.74 Å². The molecule has 0 aliphatic rings. The SMILES string of the molecule is Cc1cccc(C(=O)N/N=C\c2ccc(OC(=O)/C=C/c3ccccc3)cc2)c1. The number of hydrazone groups is 1. The normalized spacial score (nSPS) is 10.9. The Morgan fingerprint density at radius 2 is 1.66 bits per heavy atom. The molecule has 0 bridgehead atoms. The van der Waals surface area contributed by atoms with Crippen molar-refractivity contribution in [2.45, 2.75) is 6.92 Å². The Kier molecular flexibility index (Phi) is 6.68. The first-order valence-corrected chi connectivity index (χ1v) is 9.05. The van der Waals surface area contributed by atoms with E-state index in [0.29, 0.717) is 11.3 Å². The maximum absolute atomic E-state index is 12.0. The predicted molar refractivity (Wildman–Crippen MR) is 114 cm³/mol. The minimum absolute atomic E-state index is 0.277. The standard InChI is InChI=1S/C24H20N2O3/c1-18-6-5-9-21(16-18)24(28)26-25-17-20-10-13-22(14-11-20)29-23(27)15-12-19-7-3-2-4-8-19/h2-17H,1H3,(H,26,28)/b15-12+,25-17-. The summed E-state index contributed by atoms with van der Waals surface area (Å²) in [5.74, 6) is -0.310. The van der Waals surface area contributed by atoms with E-state index in [1.165, 1.54) is 12.3 Å². The Bertz CT molecular complexity index is 1040. The van der Waals surface area contributed by atoms with Gasteiger partial charge in [-0.3, -0.25) is 4.79 Å². The summed E-state index contributed by atoms with van der Waals surface area (Å²) in [6, 6.07) is 23.6. The van der Waals surface area contributed by atoms with Gasteiger partial charge in [-0.1, -0.05) is 48.0 Å². The second kappa shape index (κ2) is 9.80. The van der Waals surface area contributed by atoms with E-state index in [1.54, 1.807) is 42.5 Å². The van der Waals surface area contributed by atoms with Gasteiger partial charge in [0.1, 0.15) is 5.75 Å². The number of nitrogens with one attached hydrogen (secondary N) is 1. The number of nitrogens with zero attached hydrogens (tertiary/aromatic N) is 1. The molecule has 0 fully saturated rings. The van der Waals surface area contributed by atoms with Crippen molar-refractivity contribution < 1.29 is 14.3 Å². The minimum atomic E-state index is -0.458. The van der Waals surface area contributed by atoms with Crippen LogP contribution in [0.1, 0.15) is 27.0 Å². The molecule has 0 aliphatic heterocycles. The zero-order chi connectivity index (χ0) is 20.5. The van der Waals surface area contributed by atoms with Crippen LogP contribution < -0.4 is 10.2 Å². The Morgan fingerprint density at radius 3 is 2.38 bits per heavy atom. The van der Waals surface area contributed by atoms with Crippen molar-refractivity contribution in [1.29, 1.82) is 0 Å². The van der Waals surface area contributed by atoms with Gasteiger partial charge in [-0.15, -0.1) is 0 Å². The lowest BCUT2D eigenvalue weighted by atomic mass is 10.1. The summed E-state index contributed by atoms with van der Waals surface area (Å²) in [5, 5.41) is 3.96. The van der Waals surface area contributed by atoms with Crippen molar-refractivity contribution in [2.75, 3.05) is 0 Å². The first-order valence-electron chi connectivity index (χ1n) is 9.05. The molecule has 0 aliphatic carbocycles. The van der Waals surface area contributed by atoms with E-state index in [1.807, 2.05) is 49.4 Å². The highest BCUT2D eigenvalue weighted by Gasteiger charge is 2.03. The fourth-order valence-corrected chi connectivity index (χ4v) is 2.52. The fraction of sp³-hybridized carbons (Fsp3) is 0.0417. The predicted octanol–water partition coefficient (Wildman–Crippen LogP) is 4.38. The summed E-state index contributed by atoms with van der Waals surface area (Å²) in [6.07, 6.45) is 4.60. The number of carbonyl (C=O) groups is 2. The third-order valence-corrected chi connectivity index (χ3v) is 3.97. The second-order valence-electron chi connectivity index (χ2n) is 6.30. The van der Waals surface area contributed by atoms with Crippen LogP contribution in [0.5, 0.6) is 5.75 Å². The number of hydrogen-bond donors (Lipinski definition) is 1. The van der Waals surface area contributed by atoms with Crippen molar-refractivity contribution in [2.24, 2.45) is 5.10 Å². The fourth-order valence-electron chi connectivity index (χ4n) is 2.52. The summed E-state index contributed by atoms with van der Waals surface area (Å²) in [6.45, 7) is 1.92. The van der Waals surface area contributed by atoms with Gasteiger partial charge in [-0.2, -0.15) is 5.10 Å². The molecular weight excluding hydrogens is 364 g/mol. The molecule has 0 spiro atoms. The smallest absolute Gasteiger partial charge is 0.336 e. The third-order valence-electron chi connectivity index (χ3n) is 3.97. The average Bonchev–Trinajstić information content (AvgIpc) is 2.74. The lowest BCUT2D eigenvalue weighted by Gasteiger charge is -2.02. The highest BCUT2D eigenvalue weighted by Crippen LogP contribution is 2.12. The van der Waals surface area contributed by atoms with Crippen molar-refractivity contribution >= 4 is 24.2 Å². The zero-order valence-electron chi connectivity index (χ0n) is 15.9. The molecule has 1 N–H and O–H groups in total. The van der Waals surface area contributed by atoms with Crippen LogP contribution in [0.4, 0.5) is 0 Å². The van der Waals surface area contributed by atoms with Crippen molar-refractivity contribution in [3.05, 3.63) is 107 Å².